The molecule has 5 atom stereocenters. The molecule has 0 radical (unpaired) electrons. The molecule has 77 heavy (non-hydrogen) atoms. The summed E-state index contributed by atoms with van der Waals surface area (Å²) in [6.07, 6.45) is 31.6. The van der Waals surface area contributed by atoms with E-state index in [1.165, 1.54) is 166 Å². The lowest BCUT2D eigenvalue weighted by atomic mass is 9.91. The Kier molecular flexibility index (Phi) is 70.9. The van der Waals surface area contributed by atoms with Crippen LogP contribution in [0.4, 0.5) is 11.4 Å². The molecular weight excluding hydrogens is 957 g/mol. The second-order valence-electron chi connectivity index (χ2n) is 21.1. The van der Waals surface area contributed by atoms with E-state index in [2.05, 4.69) is 159 Å². The maximum Gasteiger partial charge on any atom is 0.0575 e. The summed E-state index contributed by atoms with van der Waals surface area (Å²) in [6, 6.07) is 11.4. The smallest absolute Gasteiger partial charge is 0.0575 e. The van der Waals surface area contributed by atoms with Crippen molar-refractivity contribution in [2.24, 2.45) is 0 Å². The summed E-state index contributed by atoms with van der Waals surface area (Å²) in [5, 5.41) is 50.9. The van der Waals surface area contributed by atoms with E-state index in [1.807, 2.05) is 70.5 Å². The first-order chi connectivity index (χ1) is 37.4. The van der Waals surface area contributed by atoms with Crippen molar-refractivity contribution in [3.63, 3.8) is 0 Å². The van der Waals surface area contributed by atoms with Gasteiger partial charge >= 0.3 is 0 Å². The molecule has 3 fully saturated rings. The summed E-state index contributed by atoms with van der Waals surface area (Å²) in [7, 11) is 32.0. The third-order valence-electron chi connectivity index (χ3n) is 14.8. The summed E-state index contributed by atoms with van der Waals surface area (Å²) >= 11 is 0. The predicted octanol–water partition coefficient (Wildman–Crippen LogP) is 6.67. The highest BCUT2D eigenvalue weighted by Gasteiger charge is 2.21. The van der Waals surface area contributed by atoms with Gasteiger partial charge < -0.3 is 85.1 Å². The molecule has 3 saturated carbocycles. The molecule has 16 nitrogen and oxygen atoms in total. The summed E-state index contributed by atoms with van der Waals surface area (Å²) in [5.74, 6) is 0. The third kappa shape index (κ3) is 55.9. The van der Waals surface area contributed by atoms with E-state index in [1.54, 1.807) is 0 Å². The largest absolute Gasteiger partial charge is 0.386 e. The van der Waals surface area contributed by atoms with Gasteiger partial charge in [-0.15, -0.1) is 0 Å². The van der Waals surface area contributed by atoms with Crippen LogP contribution in [0.5, 0.6) is 0 Å². The minimum Gasteiger partial charge on any atom is -0.386 e. The Hall–Kier alpha value is -1.74. The monoisotopic (exact) mass is 1100 g/mol. The van der Waals surface area contributed by atoms with Crippen molar-refractivity contribution in [1.82, 2.24) is 74.4 Å². The lowest BCUT2D eigenvalue weighted by molar-refractivity contribution is 0.309. The van der Waals surface area contributed by atoms with Gasteiger partial charge in [-0.1, -0.05) is 76.7 Å². The SMILES string of the molecule is CNC1CCC(NC)CC1.CNC1CCCC(NC)C1.CNC1CCCCC1NC.CNCC(C)NC.CNCCCCCCCCCCCCNC.CNCCCNC.CNCCNC.CNc1ccc(C)cc1NC. The van der Waals surface area contributed by atoms with Crippen LogP contribution in [0.15, 0.2) is 18.2 Å². The topological polar surface area (TPSA) is 192 Å². The molecule has 0 aromatic heterocycles. The van der Waals surface area contributed by atoms with Gasteiger partial charge in [-0.05, 0) is 233 Å². The molecule has 3 aliphatic rings. The maximum absolute atomic E-state index is 3.34. The van der Waals surface area contributed by atoms with E-state index < -0.39 is 0 Å². The second-order valence-corrected chi connectivity index (χ2v) is 21.1. The minimum absolute atomic E-state index is 0.588. The minimum atomic E-state index is 0.588. The van der Waals surface area contributed by atoms with Crippen LogP contribution in [0.1, 0.15) is 160 Å². The van der Waals surface area contributed by atoms with Crippen molar-refractivity contribution in [3.8, 4) is 0 Å². The number of anilines is 2. The first-order valence-electron chi connectivity index (χ1n) is 31.1. The van der Waals surface area contributed by atoms with Crippen LogP contribution in [0.25, 0.3) is 0 Å². The van der Waals surface area contributed by atoms with Crippen LogP contribution in [-0.2, 0) is 0 Å². The van der Waals surface area contributed by atoms with Crippen LogP contribution in [0, 0.1) is 6.92 Å². The van der Waals surface area contributed by atoms with E-state index in [0.717, 1.165) is 68.3 Å². The van der Waals surface area contributed by atoms with Crippen molar-refractivity contribution in [1.29, 1.82) is 0 Å². The van der Waals surface area contributed by atoms with Crippen LogP contribution in [0.3, 0.4) is 0 Å². The van der Waals surface area contributed by atoms with Gasteiger partial charge in [-0.3, -0.25) is 0 Å². The molecule has 3 aliphatic carbocycles. The van der Waals surface area contributed by atoms with Gasteiger partial charge in [0.05, 0.1) is 11.4 Å². The number of rotatable bonds is 31. The molecule has 0 heterocycles. The Morgan fingerprint density at radius 3 is 1.03 bits per heavy atom. The van der Waals surface area contributed by atoms with Gasteiger partial charge in [0, 0.05) is 76.0 Å². The molecule has 0 aliphatic heterocycles. The van der Waals surface area contributed by atoms with Crippen LogP contribution < -0.4 is 85.1 Å². The average molecular weight is 1100 g/mol. The lowest BCUT2D eigenvalue weighted by Crippen LogP contribution is -2.47. The van der Waals surface area contributed by atoms with Crippen molar-refractivity contribution in [2.75, 3.05) is 169 Å². The Bertz CT molecular complexity index is 1170. The molecule has 16 N–H and O–H groups in total. The van der Waals surface area contributed by atoms with Crippen molar-refractivity contribution in [2.45, 2.75) is 204 Å². The van der Waals surface area contributed by atoms with E-state index in [0.29, 0.717) is 18.1 Å². The van der Waals surface area contributed by atoms with E-state index in [-0.39, 0.29) is 0 Å². The number of nitrogens with one attached hydrogen (secondary N) is 16. The molecule has 5 unspecified atom stereocenters. The number of likely N-dealkylation sites (N-methyl/N-ethyl adjacent to an activating group) is 6. The van der Waals surface area contributed by atoms with Gasteiger partial charge in [0.25, 0.3) is 0 Å². The molecule has 1 aromatic rings. The van der Waals surface area contributed by atoms with Crippen molar-refractivity contribution in [3.05, 3.63) is 23.8 Å². The van der Waals surface area contributed by atoms with E-state index in [9.17, 15) is 0 Å². The van der Waals surface area contributed by atoms with Crippen LogP contribution in [0.2, 0.25) is 0 Å². The Balaban J connectivity index is -0.000000402. The summed E-state index contributed by atoms with van der Waals surface area (Å²) in [4.78, 5) is 0. The van der Waals surface area contributed by atoms with Crippen molar-refractivity contribution >= 4 is 11.4 Å². The van der Waals surface area contributed by atoms with Crippen LogP contribution in [-0.4, -0.2) is 201 Å². The van der Waals surface area contributed by atoms with Gasteiger partial charge in [0.2, 0.25) is 0 Å². The van der Waals surface area contributed by atoms with Gasteiger partial charge in [0.15, 0.2) is 0 Å². The average Bonchev–Trinajstić information content (AvgIpc) is 3.48. The third-order valence-corrected chi connectivity index (χ3v) is 14.8. The van der Waals surface area contributed by atoms with Crippen molar-refractivity contribution < 1.29 is 0 Å². The molecule has 1 aromatic carbocycles. The number of hydrogen-bond acceptors (Lipinski definition) is 16. The Morgan fingerprint density at radius 1 is 0.364 bits per heavy atom. The summed E-state index contributed by atoms with van der Waals surface area (Å²) in [5.41, 5.74) is 3.55. The fraction of sp³-hybridized carbons (Fsp3) is 0.902. The predicted molar refractivity (Wildman–Crippen MR) is 350 cm³/mol. The number of unbranched alkanes of at least 4 members (excludes halogenated alkanes) is 9. The number of benzene rings is 1. The fourth-order valence-electron chi connectivity index (χ4n) is 9.41. The molecule has 0 bridgehead atoms. The second kappa shape index (κ2) is 66.8. The first-order valence-corrected chi connectivity index (χ1v) is 31.1. The number of aryl methyl sites for hydroxylation is 1. The van der Waals surface area contributed by atoms with Gasteiger partial charge in [-0.2, -0.15) is 0 Å². The zero-order chi connectivity index (χ0) is 58.4. The molecule has 4 rings (SSSR count). The van der Waals surface area contributed by atoms with Gasteiger partial charge in [0.1, 0.15) is 0 Å². The molecule has 0 saturated heterocycles. The molecule has 16 heteroatoms. The standard InChI is InChI=1S/C14H32N2.C9H14N2.3C8H18N2.2C5H14N2.C4H12N2/c1-15-13-11-9-7-5-3-4-6-8-10-12-14-16-2;1-7-4-5-8(10-2)9(6-7)11-3;1-9-7-3-5-8(10-2)6-4-7;1-9-7-4-3-5-8(6-7)10-2;1-9-7-5-3-4-6-8(7)10-2;1-5(7-3)4-6-2;1-6-4-3-5-7-2;1-5-3-4-6-2/h15-16H,3-14H2,1-2H3;4-6,10-11H,1-3H3;3*7-10H,3-6H2,1-2H3;5-7H,4H2,1-3H3;6-7H,3-5H2,1-2H3;5-6H,3-4H2,1-2H3. The number of hydrogen-bond donors (Lipinski definition) is 16. The Morgan fingerprint density at radius 2 is 0.727 bits per heavy atom. The molecule has 0 spiro atoms. The lowest BCUT2D eigenvalue weighted by Gasteiger charge is -2.30. The fourth-order valence-corrected chi connectivity index (χ4v) is 9.41. The Labute approximate surface area is 480 Å². The quantitative estimate of drug-likeness (QED) is 0.0353. The normalized spacial score (nSPS) is 19.8. The highest BCUT2D eigenvalue weighted by molar-refractivity contribution is 5.69. The molecular formula is C61H140N16. The zero-order valence-electron chi connectivity index (χ0n) is 54.5. The summed E-state index contributed by atoms with van der Waals surface area (Å²) in [6.45, 7) is 12.0. The zero-order valence-corrected chi connectivity index (χ0v) is 54.5. The first kappa shape index (κ1) is 81.7. The highest BCUT2D eigenvalue weighted by atomic mass is 15.0. The maximum atomic E-state index is 3.34. The van der Waals surface area contributed by atoms with E-state index >= 15 is 0 Å². The highest BCUT2D eigenvalue weighted by Crippen LogP contribution is 2.22. The van der Waals surface area contributed by atoms with Gasteiger partial charge in [-0.25, -0.2) is 0 Å². The van der Waals surface area contributed by atoms with Crippen LogP contribution >= 0.6 is 0 Å². The van der Waals surface area contributed by atoms with E-state index in [4.69, 9.17) is 0 Å². The molecule has 0 amide bonds. The molecule has 464 valence electrons. The summed E-state index contributed by atoms with van der Waals surface area (Å²) < 4.78 is 0.